The first-order valence-corrected chi connectivity index (χ1v) is 5.10. The highest BCUT2D eigenvalue weighted by atomic mass is 16.4. The standard InChI is InChI=1S/C10H16N2O4/c1-7-3-2-4-12(6-7)10(16)11-5-8(13)9(14)15/h3,8,13H,2,4-6H2,1H3,(H,11,16)(H,14,15). The van der Waals surface area contributed by atoms with Gasteiger partial charge in [0, 0.05) is 13.1 Å². The number of nitrogens with zero attached hydrogens (tertiary/aromatic N) is 1. The van der Waals surface area contributed by atoms with Gasteiger partial charge in [0.1, 0.15) is 0 Å². The Balaban J connectivity index is 2.36. The molecule has 0 spiro atoms. The van der Waals surface area contributed by atoms with E-state index in [1.54, 1.807) is 4.90 Å². The van der Waals surface area contributed by atoms with Gasteiger partial charge in [-0.25, -0.2) is 9.59 Å². The number of rotatable bonds is 3. The second kappa shape index (κ2) is 5.50. The molecule has 0 radical (unpaired) electrons. The van der Waals surface area contributed by atoms with Gasteiger partial charge in [-0.3, -0.25) is 0 Å². The van der Waals surface area contributed by atoms with Gasteiger partial charge < -0.3 is 20.4 Å². The molecule has 1 aliphatic heterocycles. The number of carboxylic acid groups (broad SMARTS) is 1. The summed E-state index contributed by atoms with van der Waals surface area (Å²) in [6, 6.07) is -0.340. The molecule has 0 saturated heterocycles. The Labute approximate surface area is 93.5 Å². The molecule has 16 heavy (non-hydrogen) atoms. The minimum absolute atomic E-state index is 0.270. The van der Waals surface area contributed by atoms with Crippen LogP contribution in [0.1, 0.15) is 13.3 Å². The Bertz CT molecular complexity index is 314. The van der Waals surface area contributed by atoms with E-state index < -0.39 is 12.1 Å². The summed E-state index contributed by atoms with van der Waals surface area (Å²) in [4.78, 5) is 23.5. The molecule has 0 aromatic carbocycles. The van der Waals surface area contributed by atoms with Crippen LogP contribution < -0.4 is 5.32 Å². The number of carbonyl (C=O) groups excluding carboxylic acids is 1. The van der Waals surface area contributed by atoms with Crippen LogP contribution in [0.25, 0.3) is 0 Å². The van der Waals surface area contributed by atoms with Crippen molar-refractivity contribution in [2.45, 2.75) is 19.4 Å². The second-order valence-corrected chi connectivity index (χ2v) is 3.80. The molecule has 2 amide bonds. The zero-order valence-electron chi connectivity index (χ0n) is 9.14. The zero-order valence-corrected chi connectivity index (χ0v) is 9.14. The monoisotopic (exact) mass is 228 g/mol. The van der Waals surface area contributed by atoms with Crippen LogP contribution in [0.3, 0.4) is 0 Å². The predicted molar refractivity (Wildman–Crippen MR) is 57.0 cm³/mol. The quantitative estimate of drug-likeness (QED) is 0.583. The van der Waals surface area contributed by atoms with Crippen LogP contribution in [0.2, 0.25) is 0 Å². The summed E-state index contributed by atoms with van der Waals surface area (Å²) < 4.78 is 0. The highest BCUT2D eigenvalue weighted by Gasteiger charge is 2.19. The molecule has 0 aromatic heterocycles. The first kappa shape index (κ1) is 12.5. The first-order chi connectivity index (χ1) is 7.50. The third-order valence-electron chi connectivity index (χ3n) is 2.35. The molecule has 6 heteroatoms. The summed E-state index contributed by atoms with van der Waals surface area (Å²) in [6.45, 7) is 2.83. The Morgan fingerprint density at radius 2 is 2.31 bits per heavy atom. The number of aliphatic hydroxyl groups is 1. The molecule has 1 rings (SSSR count). The van der Waals surface area contributed by atoms with Gasteiger partial charge in [0.25, 0.3) is 0 Å². The molecule has 6 nitrogen and oxygen atoms in total. The van der Waals surface area contributed by atoms with E-state index in [-0.39, 0.29) is 12.6 Å². The van der Waals surface area contributed by atoms with E-state index in [1.807, 2.05) is 6.92 Å². The lowest BCUT2D eigenvalue weighted by Gasteiger charge is -2.26. The number of aliphatic hydroxyl groups excluding tert-OH is 1. The van der Waals surface area contributed by atoms with Crippen molar-refractivity contribution in [3.63, 3.8) is 0 Å². The summed E-state index contributed by atoms with van der Waals surface area (Å²) in [6.07, 6.45) is 1.32. The lowest BCUT2D eigenvalue weighted by atomic mass is 10.1. The van der Waals surface area contributed by atoms with Crippen LogP contribution >= 0.6 is 0 Å². The highest BCUT2D eigenvalue weighted by molar-refractivity contribution is 5.77. The third-order valence-corrected chi connectivity index (χ3v) is 2.35. The van der Waals surface area contributed by atoms with E-state index in [0.717, 1.165) is 12.0 Å². The molecule has 1 unspecified atom stereocenters. The van der Waals surface area contributed by atoms with Gasteiger partial charge in [-0.2, -0.15) is 0 Å². The molecular weight excluding hydrogens is 212 g/mol. The topological polar surface area (TPSA) is 89.9 Å². The molecule has 90 valence electrons. The van der Waals surface area contributed by atoms with Crippen LogP contribution in [0.15, 0.2) is 11.6 Å². The smallest absolute Gasteiger partial charge is 0.334 e. The van der Waals surface area contributed by atoms with Crippen molar-refractivity contribution in [1.29, 1.82) is 0 Å². The summed E-state index contributed by atoms with van der Waals surface area (Å²) in [5, 5.41) is 19.8. The third kappa shape index (κ3) is 3.54. The van der Waals surface area contributed by atoms with Crippen LogP contribution in [0.5, 0.6) is 0 Å². The zero-order chi connectivity index (χ0) is 12.1. The van der Waals surface area contributed by atoms with Crippen molar-refractivity contribution >= 4 is 12.0 Å². The SMILES string of the molecule is CC1=CCCN(C(=O)NCC(O)C(=O)O)C1. The molecule has 0 aliphatic carbocycles. The van der Waals surface area contributed by atoms with Crippen molar-refractivity contribution in [2.24, 2.45) is 0 Å². The van der Waals surface area contributed by atoms with Gasteiger partial charge in [-0.05, 0) is 13.3 Å². The number of carboxylic acids is 1. The van der Waals surface area contributed by atoms with Crippen molar-refractivity contribution in [3.8, 4) is 0 Å². The highest BCUT2D eigenvalue weighted by Crippen LogP contribution is 2.08. The summed E-state index contributed by atoms with van der Waals surface area (Å²) in [5.74, 6) is -1.34. The molecule has 0 saturated carbocycles. The molecule has 1 heterocycles. The largest absolute Gasteiger partial charge is 0.479 e. The van der Waals surface area contributed by atoms with Gasteiger partial charge in [-0.15, -0.1) is 0 Å². The fraction of sp³-hybridized carbons (Fsp3) is 0.600. The number of urea groups is 1. The molecule has 1 atom stereocenters. The Morgan fingerprint density at radius 3 is 2.88 bits per heavy atom. The molecular formula is C10H16N2O4. The van der Waals surface area contributed by atoms with Crippen molar-refractivity contribution in [3.05, 3.63) is 11.6 Å². The van der Waals surface area contributed by atoms with Gasteiger partial charge in [0.2, 0.25) is 0 Å². The van der Waals surface area contributed by atoms with Crippen molar-refractivity contribution < 1.29 is 19.8 Å². The van der Waals surface area contributed by atoms with E-state index >= 15 is 0 Å². The lowest BCUT2D eigenvalue weighted by molar-refractivity contribution is -0.146. The van der Waals surface area contributed by atoms with Gasteiger partial charge in [0.05, 0.1) is 6.54 Å². The number of hydrogen-bond donors (Lipinski definition) is 3. The molecule has 0 aromatic rings. The van der Waals surface area contributed by atoms with E-state index in [9.17, 15) is 9.59 Å². The summed E-state index contributed by atoms with van der Waals surface area (Å²) >= 11 is 0. The summed E-state index contributed by atoms with van der Waals surface area (Å²) in [7, 11) is 0. The minimum Gasteiger partial charge on any atom is -0.479 e. The van der Waals surface area contributed by atoms with Crippen molar-refractivity contribution in [1.82, 2.24) is 10.2 Å². The van der Waals surface area contributed by atoms with E-state index in [4.69, 9.17) is 10.2 Å². The van der Waals surface area contributed by atoms with Gasteiger partial charge in [0.15, 0.2) is 6.10 Å². The number of amides is 2. The lowest BCUT2D eigenvalue weighted by Crippen LogP contribution is -2.46. The second-order valence-electron chi connectivity index (χ2n) is 3.80. The van der Waals surface area contributed by atoms with Gasteiger partial charge in [-0.1, -0.05) is 11.6 Å². The van der Waals surface area contributed by atoms with E-state index in [1.165, 1.54) is 0 Å². The summed E-state index contributed by atoms with van der Waals surface area (Å²) in [5.41, 5.74) is 1.11. The molecule has 0 fully saturated rings. The first-order valence-electron chi connectivity index (χ1n) is 5.10. The van der Waals surface area contributed by atoms with Gasteiger partial charge >= 0.3 is 12.0 Å². The number of nitrogens with one attached hydrogen (secondary N) is 1. The Morgan fingerprint density at radius 1 is 1.62 bits per heavy atom. The fourth-order valence-electron chi connectivity index (χ4n) is 1.47. The van der Waals surface area contributed by atoms with E-state index in [2.05, 4.69) is 11.4 Å². The maximum absolute atomic E-state index is 11.6. The van der Waals surface area contributed by atoms with Crippen LogP contribution in [-0.4, -0.2) is 52.9 Å². The van der Waals surface area contributed by atoms with Crippen molar-refractivity contribution in [2.75, 3.05) is 19.6 Å². The normalized spacial score (nSPS) is 17.6. The number of hydrogen-bond acceptors (Lipinski definition) is 3. The number of aliphatic carboxylic acids is 1. The average Bonchev–Trinajstić information content (AvgIpc) is 2.25. The molecule has 0 bridgehead atoms. The predicted octanol–water partition coefficient (Wildman–Crippen LogP) is -0.207. The van der Waals surface area contributed by atoms with E-state index in [0.29, 0.717) is 13.1 Å². The maximum Gasteiger partial charge on any atom is 0.334 e. The van der Waals surface area contributed by atoms with Crippen LogP contribution in [0.4, 0.5) is 4.79 Å². The van der Waals surface area contributed by atoms with Crippen LogP contribution in [-0.2, 0) is 4.79 Å². The minimum atomic E-state index is -1.55. The molecule has 3 N–H and O–H groups in total. The average molecular weight is 228 g/mol. The fourth-order valence-corrected chi connectivity index (χ4v) is 1.47. The molecule has 1 aliphatic rings. The Kier molecular flexibility index (Phi) is 4.30. The number of carbonyl (C=O) groups is 2. The Hall–Kier alpha value is -1.56. The maximum atomic E-state index is 11.6. The van der Waals surface area contributed by atoms with Crippen LogP contribution in [0, 0.1) is 0 Å².